The second-order valence-corrected chi connectivity index (χ2v) is 4.67. The van der Waals surface area contributed by atoms with Crippen molar-refractivity contribution in [1.82, 2.24) is 4.72 Å². The molecule has 0 aliphatic carbocycles. The molecule has 0 heterocycles. The van der Waals surface area contributed by atoms with E-state index in [1.807, 2.05) is 0 Å². The highest BCUT2D eigenvalue weighted by Gasteiger charge is 2.04. The number of unbranched alkanes of at least 4 members (excludes halogenated alkanes) is 2. The molecule has 0 bridgehead atoms. The minimum Gasteiger partial charge on any atom is -0.214 e. The minimum atomic E-state index is -3.24. The Morgan fingerprint density at radius 3 is 2.58 bits per heavy atom. The van der Waals surface area contributed by atoms with Crippen molar-refractivity contribution < 1.29 is 8.42 Å². The highest BCUT2D eigenvalue weighted by molar-refractivity contribution is 7.90. The molecular formula is C7H12ClNO2S. The normalized spacial score (nSPS) is 11.0. The van der Waals surface area contributed by atoms with Gasteiger partial charge in [-0.15, -0.1) is 23.9 Å². The quantitative estimate of drug-likeness (QED) is 0.402. The van der Waals surface area contributed by atoms with Crippen LogP contribution in [0.5, 0.6) is 0 Å². The van der Waals surface area contributed by atoms with Crippen LogP contribution in [0.4, 0.5) is 0 Å². The molecule has 0 aliphatic heterocycles. The molecule has 0 unspecified atom stereocenters. The maximum Gasteiger partial charge on any atom is 0.225 e. The van der Waals surface area contributed by atoms with Gasteiger partial charge in [0.2, 0.25) is 10.0 Å². The molecule has 0 saturated heterocycles. The van der Waals surface area contributed by atoms with Gasteiger partial charge in [0, 0.05) is 13.0 Å². The van der Waals surface area contributed by atoms with Gasteiger partial charge in [-0.3, -0.25) is 0 Å². The molecule has 0 atom stereocenters. The topological polar surface area (TPSA) is 46.2 Å². The summed E-state index contributed by atoms with van der Waals surface area (Å²) in [6.07, 6.45) is 7.28. The van der Waals surface area contributed by atoms with Crippen molar-refractivity contribution >= 4 is 21.6 Å². The van der Waals surface area contributed by atoms with E-state index in [4.69, 9.17) is 18.0 Å². The zero-order valence-corrected chi connectivity index (χ0v) is 8.29. The molecular weight excluding hydrogens is 198 g/mol. The second kappa shape index (κ2) is 6.30. The maximum atomic E-state index is 10.7. The Morgan fingerprint density at radius 2 is 2.08 bits per heavy atom. The van der Waals surface area contributed by atoms with E-state index < -0.39 is 10.0 Å². The van der Waals surface area contributed by atoms with Crippen molar-refractivity contribution in [1.29, 1.82) is 0 Å². The zero-order chi connectivity index (χ0) is 9.45. The Bertz CT molecular complexity index is 243. The van der Waals surface area contributed by atoms with Crippen LogP contribution < -0.4 is 4.72 Å². The van der Waals surface area contributed by atoms with E-state index in [9.17, 15) is 8.42 Å². The molecule has 0 aromatic carbocycles. The summed E-state index contributed by atoms with van der Waals surface area (Å²) >= 11 is 5.15. The highest BCUT2D eigenvalue weighted by atomic mass is 35.5. The van der Waals surface area contributed by atoms with Gasteiger partial charge >= 0.3 is 0 Å². The summed E-state index contributed by atoms with van der Waals surface area (Å²) in [6.45, 7) is 0.413. The lowest BCUT2D eigenvalue weighted by atomic mass is 10.2. The van der Waals surface area contributed by atoms with Gasteiger partial charge < -0.3 is 0 Å². The summed E-state index contributed by atoms with van der Waals surface area (Å²) in [7, 11) is -3.24. The minimum absolute atomic E-state index is 0.387. The largest absolute Gasteiger partial charge is 0.225 e. The lowest BCUT2D eigenvalue weighted by molar-refractivity contribution is 0.582. The molecule has 70 valence electrons. The maximum absolute atomic E-state index is 10.7. The third kappa shape index (κ3) is 6.47. The lowest BCUT2D eigenvalue weighted by Gasteiger charge is -2.01. The van der Waals surface area contributed by atoms with Crippen LogP contribution in [0.15, 0.2) is 0 Å². The highest BCUT2D eigenvalue weighted by Crippen LogP contribution is 1.94. The Kier molecular flexibility index (Phi) is 6.17. The van der Waals surface area contributed by atoms with Crippen molar-refractivity contribution in [2.75, 3.05) is 11.8 Å². The number of sulfonamides is 1. The fourth-order valence-electron chi connectivity index (χ4n) is 0.618. The first-order valence-electron chi connectivity index (χ1n) is 3.59. The van der Waals surface area contributed by atoms with Crippen molar-refractivity contribution in [3.63, 3.8) is 0 Å². The van der Waals surface area contributed by atoms with E-state index in [1.165, 1.54) is 0 Å². The third-order valence-corrected chi connectivity index (χ3v) is 3.01. The van der Waals surface area contributed by atoms with Gasteiger partial charge in [0.25, 0.3) is 0 Å². The van der Waals surface area contributed by atoms with Crippen LogP contribution >= 0.6 is 11.6 Å². The average Bonchev–Trinajstić information content (AvgIpc) is 2.04. The van der Waals surface area contributed by atoms with E-state index in [-0.39, 0.29) is 5.21 Å². The molecule has 0 spiro atoms. The molecule has 0 radical (unpaired) electrons. The number of halogens is 1. The number of hydrogen-bond acceptors (Lipinski definition) is 2. The van der Waals surface area contributed by atoms with E-state index in [0.717, 1.165) is 12.8 Å². The van der Waals surface area contributed by atoms with Crippen molar-refractivity contribution in [2.45, 2.75) is 19.3 Å². The molecule has 0 saturated carbocycles. The van der Waals surface area contributed by atoms with E-state index in [1.54, 1.807) is 0 Å². The number of rotatable bonds is 6. The summed E-state index contributed by atoms with van der Waals surface area (Å²) in [4.78, 5) is 0. The SMILES string of the molecule is C#CCCCCNS(=O)(=O)CCl. The summed E-state index contributed by atoms with van der Waals surface area (Å²) in [5.74, 6) is 2.48. The molecule has 0 rings (SSSR count). The molecule has 0 aromatic heterocycles. The smallest absolute Gasteiger partial charge is 0.214 e. The second-order valence-electron chi connectivity index (χ2n) is 2.28. The van der Waals surface area contributed by atoms with Gasteiger partial charge in [-0.2, -0.15) is 0 Å². The fraction of sp³-hybridized carbons (Fsp3) is 0.714. The predicted octanol–water partition coefficient (Wildman–Crippen LogP) is 0.906. The molecule has 3 nitrogen and oxygen atoms in total. The summed E-state index contributed by atoms with van der Waals surface area (Å²) in [5.41, 5.74) is 0. The zero-order valence-electron chi connectivity index (χ0n) is 6.72. The van der Waals surface area contributed by atoms with Crippen molar-refractivity contribution in [3.8, 4) is 12.3 Å². The lowest BCUT2D eigenvalue weighted by Crippen LogP contribution is -2.25. The fourth-order valence-corrected chi connectivity index (χ4v) is 1.38. The first kappa shape index (κ1) is 11.8. The van der Waals surface area contributed by atoms with Crippen LogP contribution in [0.1, 0.15) is 19.3 Å². The van der Waals surface area contributed by atoms with Crippen LogP contribution in [-0.4, -0.2) is 20.2 Å². The summed E-state index contributed by atoms with van der Waals surface area (Å²) in [6, 6.07) is 0. The van der Waals surface area contributed by atoms with E-state index in [0.29, 0.717) is 13.0 Å². The van der Waals surface area contributed by atoms with Gasteiger partial charge in [0.1, 0.15) is 5.21 Å². The van der Waals surface area contributed by atoms with Gasteiger partial charge in [-0.1, -0.05) is 0 Å². The molecule has 1 N–H and O–H groups in total. The summed E-state index contributed by atoms with van der Waals surface area (Å²) in [5, 5.41) is -0.387. The molecule has 5 heteroatoms. The predicted molar refractivity (Wildman–Crippen MR) is 50.3 cm³/mol. The number of nitrogens with one attached hydrogen (secondary N) is 1. The average molecular weight is 210 g/mol. The van der Waals surface area contributed by atoms with Crippen LogP contribution in [0.2, 0.25) is 0 Å². The van der Waals surface area contributed by atoms with Crippen LogP contribution in [0, 0.1) is 12.3 Å². The van der Waals surface area contributed by atoms with Gasteiger partial charge in [-0.05, 0) is 12.8 Å². The third-order valence-electron chi connectivity index (χ3n) is 1.21. The summed E-state index contributed by atoms with van der Waals surface area (Å²) < 4.78 is 23.8. The number of alkyl halides is 1. The van der Waals surface area contributed by atoms with Crippen LogP contribution in [0.25, 0.3) is 0 Å². The number of terminal acetylenes is 1. The molecule has 0 aromatic rings. The van der Waals surface area contributed by atoms with Crippen LogP contribution in [0.3, 0.4) is 0 Å². The molecule has 0 fully saturated rings. The first-order chi connectivity index (χ1) is 5.62. The monoisotopic (exact) mass is 209 g/mol. The van der Waals surface area contributed by atoms with Gasteiger partial charge in [0.05, 0.1) is 0 Å². The van der Waals surface area contributed by atoms with Gasteiger partial charge in [-0.25, -0.2) is 13.1 Å². The molecule has 0 aliphatic rings. The van der Waals surface area contributed by atoms with E-state index >= 15 is 0 Å². The first-order valence-corrected chi connectivity index (χ1v) is 5.78. The molecule has 0 amide bonds. The Hall–Kier alpha value is -0.240. The van der Waals surface area contributed by atoms with Crippen molar-refractivity contribution in [2.24, 2.45) is 0 Å². The Balaban J connectivity index is 3.39. The Labute approximate surface area is 78.5 Å². The molecule has 12 heavy (non-hydrogen) atoms. The Morgan fingerprint density at radius 1 is 1.42 bits per heavy atom. The van der Waals surface area contributed by atoms with E-state index in [2.05, 4.69) is 10.6 Å². The van der Waals surface area contributed by atoms with Gasteiger partial charge in [0.15, 0.2) is 0 Å². The van der Waals surface area contributed by atoms with Crippen molar-refractivity contribution in [3.05, 3.63) is 0 Å². The number of hydrogen-bond donors (Lipinski definition) is 1. The standard InChI is InChI=1S/C7H12ClNO2S/c1-2-3-4-5-6-9-12(10,11)7-8/h1,9H,3-7H2. The van der Waals surface area contributed by atoms with Crippen LogP contribution in [-0.2, 0) is 10.0 Å².